The Morgan fingerprint density at radius 2 is 1.12 bits per heavy atom. The van der Waals surface area contributed by atoms with Crippen molar-refractivity contribution in [3.8, 4) is 22.3 Å². The number of rotatable bonds is 12. The lowest BCUT2D eigenvalue weighted by atomic mass is 9.93. The van der Waals surface area contributed by atoms with Gasteiger partial charge in [-0.05, 0) is 48.2 Å². The predicted molar refractivity (Wildman–Crippen MR) is 166 cm³/mol. The zero-order valence-electron chi connectivity index (χ0n) is 23.9. The van der Waals surface area contributed by atoms with E-state index in [4.69, 9.17) is 9.47 Å². The second kappa shape index (κ2) is 14.5. The molecule has 0 radical (unpaired) electrons. The van der Waals surface area contributed by atoms with E-state index in [0.717, 1.165) is 11.1 Å². The number of esters is 2. The fourth-order valence-electron chi connectivity index (χ4n) is 4.53. The molecule has 0 fully saturated rings. The Balaban J connectivity index is 1.36. The maximum absolute atomic E-state index is 14.9. The minimum absolute atomic E-state index is 0.167. The van der Waals surface area contributed by atoms with Gasteiger partial charge in [0.2, 0.25) is 0 Å². The average Bonchev–Trinajstić information content (AvgIpc) is 3.04. The van der Waals surface area contributed by atoms with E-state index in [1.165, 1.54) is 12.1 Å². The molecule has 0 heterocycles. The summed E-state index contributed by atoms with van der Waals surface area (Å²) in [5.74, 6) is -3.68. The molecule has 0 aromatic heterocycles. The van der Waals surface area contributed by atoms with Gasteiger partial charge in [-0.2, -0.15) is 0 Å². The van der Waals surface area contributed by atoms with Crippen molar-refractivity contribution in [2.75, 3.05) is 25.2 Å². The average molecular weight is 652 g/mol. The molecule has 2 atom stereocenters. The van der Waals surface area contributed by atoms with Crippen LogP contribution in [0.25, 0.3) is 22.3 Å². The maximum atomic E-state index is 14.9. The van der Waals surface area contributed by atoms with E-state index in [-0.39, 0.29) is 18.5 Å². The highest BCUT2D eigenvalue weighted by Crippen LogP contribution is 2.30. The van der Waals surface area contributed by atoms with Crippen molar-refractivity contribution in [1.29, 1.82) is 0 Å². The van der Waals surface area contributed by atoms with E-state index < -0.39 is 47.4 Å². The first kappa shape index (κ1) is 32.0. The number of carbonyl (C=O) groups excluding carboxylic acids is 2. The highest BCUT2D eigenvalue weighted by atomic mass is 79.9. The second-order valence-electron chi connectivity index (χ2n) is 10.7. The van der Waals surface area contributed by atoms with Crippen LogP contribution in [-0.4, -0.2) is 42.2 Å². The van der Waals surface area contributed by atoms with Gasteiger partial charge in [-0.1, -0.05) is 101 Å². The SMILES string of the molecule is C[C@@H](C(=O)OCC(CO)(CBr)COC(=O)[C@H](C)c1ccc(-c2ccccc2)c(F)c1)c1ccc(-c2ccccc2)c(F)c1. The number of hydrogen-bond donors (Lipinski definition) is 1. The second-order valence-corrected chi connectivity index (χ2v) is 11.2. The minimum Gasteiger partial charge on any atom is -0.464 e. The van der Waals surface area contributed by atoms with Crippen molar-refractivity contribution in [3.05, 3.63) is 120 Å². The van der Waals surface area contributed by atoms with Crippen LogP contribution in [0.5, 0.6) is 0 Å². The van der Waals surface area contributed by atoms with E-state index in [2.05, 4.69) is 15.9 Å². The molecule has 1 N–H and O–H groups in total. The lowest BCUT2D eigenvalue weighted by Crippen LogP contribution is -2.40. The smallest absolute Gasteiger partial charge is 0.313 e. The fraction of sp³-hybridized carbons (Fsp3) is 0.257. The summed E-state index contributed by atoms with van der Waals surface area (Å²) >= 11 is 3.33. The zero-order valence-corrected chi connectivity index (χ0v) is 25.5. The highest BCUT2D eigenvalue weighted by molar-refractivity contribution is 9.09. The van der Waals surface area contributed by atoms with Gasteiger partial charge in [0.15, 0.2) is 0 Å². The predicted octanol–water partition coefficient (Wildman–Crippen LogP) is 7.67. The number of ether oxygens (including phenoxy) is 2. The monoisotopic (exact) mass is 650 g/mol. The molecule has 0 aliphatic carbocycles. The Morgan fingerprint density at radius 3 is 1.44 bits per heavy atom. The molecular formula is C35H33BrF2O5. The molecule has 0 saturated carbocycles. The van der Waals surface area contributed by atoms with Gasteiger partial charge < -0.3 is 14.6 Å². The molecule has 8 heteroatoms. The fourth-order valence-corrected chi connectivity index (χ4v) is 5.03. The highest BCUT2D eigenvalue weighted by Gasteiger charge is 2.34. The van der Waals surface area contributed by atoms with Gasteiger partial charge in [-0.25, -0.2) is 8.78 Å². The van der Waals surface area contributed by atoms with Crippen molar-refractivity contribution in [2.24, 2.45) is 5.41 Å². The number of alkyl halides is 1. The third-order valence-corrected chi connectivity index (χ3v) is 8.71. The number of hydrogen-bond acceptors (Lipinski definition) is 5. The molecular weight excluding hydrogens is 618 g/mol. The van der Waals surface area contributed by atoms with Crippen LogP contribution in [-0.2, 0) is 19.1 Å². The summed E-state index contributed by atoms with van der Waals surface area (Å²) in [6, 6.07) is 27.4. The van der Waals surface area contributed by atoms with Gasteiger partial charge in [0.25, 0.3) is 0 Å². The number of carbonyl (C=O) groups is 2. The Bertz CT molecular complexity index is 1430. The maximum Gasteiger partial charge on any atom is 0.313 e. The molecule has 224 valence electrons. The van der Waals surface area contributed by atoms with E-state index in [0.29, 0.717) is 22.3 Å². The molecule has 0 spiro atoms. The van der Waals surface area contributed by atoms with E-state index in [1.807, 2.05) is 36.4 Å². The van der Waals surface area contributed by atoms with E-state index in [9.17, 15) is 23.5 Å². The zero-order chi connectivity index (χ0) is 31.0. The summed E-state index contributed by atoms with van der Waals surface area (Å²) in [5.41, 5.74) is 2.08. The summed E-state index contributed by atoms with van der Waals surface area (Å²) < 4.78 is 40.8. The Labute approximate surface area is 258 Å². The Hall–Kier alpha value is -3.88. The first-order valence-corrected chi connectivity index (χ1v) is 15.0. The summed E-state index contributed by atoms with van der Waals surface area (Å²) in [5, 5.41) is 10.3. The standard InChI is InChI=1S/C35H33BrF2O5/c1-23(27-13-15-29(31(37)17-27)25-9-5-3-6-10-25)33(40)42-21-35(19-36,20-39)22-43-34(41)24(2)28-14-16-30(32(38)18-28)26-11-7-4-8-12-26/h3-18,23-24,39H,19-22H2,1-2H3/t23-,24-/m1/s1. The molecule has 4 rings (SSSR count). The molecule has 4 aromatic rings. The third-order valence-electron chi connectivity index (χ3n) is 7.52. The summed E-state index contributed by atoms with van der Waals surface area (Å²) in [4.78, 5) is 25.8. The molecule has 0 unspecified atom stereocenters. The van der Waals surface area contributed by atoms with Crippen molar-refractivity contribution >= 4 is 27.9 Å². The first-order valence-electron chi connectivity index (χ1n) is 13.9. The number of halogens is 3. The topological polar surface area (TPSA) is 72.8 Å². The van der Waals surface area contributed by atoms with Gasteiger partial charge in [-0.15, -0.1) is 0 Å². The quantitative estimate of drug-likeness (QED) is 0.126. The number of aliphatic hydroxyl groups is 1. The molecule has 0 aliphatic rings. The van der Waals surface area contributed by atoms with E-state index in [1.54, 1.807) is 62.4 Å². The van der Waals surface area contributed by atoms with Gasteiger partial charge in [0.1, 0.15) is 24.8 Å². The molecule has 0 amide bonds. The van der Waals surface area contributed by atoms with Gasteiger partial charge >= 0.3 is 11.9 Å². The van der Waals surface area contributed by atoms with Crippen molar-refractivity contribution < 1.29 is 33.0 Å². The molecule has 4 aromatic carbocycles. The summed E-state index contributed by atoms with van der Waals surface area (Å²) in [7, 11) is 0. The van der Waals surface area contributed by atoms with Gasteiger partial charge in [-0.3, -0.25) is 9.59 Å². The van der Waals surface area contributed by atoms with Gasteiger partial charge in [0.05, 0.1) is 23.9 Å². The van der Waals surface area contributed by atoms with E-state index >= 15 is 0 Å². The number of aliphatic hydroxyl groups excluding tert-OH is 1. The van der Waals surface area contributed by atoms with Crippen LogP contribution >= 0.6 is 15.9 Å². The third kappa shape index (κ3) is 7.75. The van der Waals surface area contributed by atoms with Crippen LogP contribution < -0.4 is 0 Å². The van der Waals surface area contributed by atoms with Crippen LogP contribution in [0.2, 0.25) is 0 Å². The van der Waals surface area contributed by atoms with Crippen molar-refractivity contribution in [2.45, 2.75) is 25.7 Å². The van der Waals surface area contributed by atoms with Crippen LogP contribution in [0.1, 0.15) is 36.8 Å². The Morgan fingerprint density at radius 1 is 0.721 bits per heavy atom. The molecule has 5 nitrogen and oxygen atoms in total. The van der Waals surface area contributed by atoms with Crippen LogP contribution in [0, 0.1) is 17.0 Å². The normalized spacial score (nSPS) is 12.8. The van der Waals surface area contributed by atoms with Crippen LogP contribution in [0.15, 0.2) is 97.1 Å². The molecule has 0 bridgehead atoms. The molecule has 43 heavy (non-hydrogen) atoms. The summed E-state index contributed by atoms with van der Waals surface area (Å²) in [6.07, 6.45) is 0. The lowest BCUT2D eigenvalue weighted by molar-refractivity contribution is -0.156. The van der Waals surface area contributed by atoms with Gasteiger partial charge in [0, 0.05) is 16.5 Å². The largest absolute Gasteiger partial charge is 0.464 e. The van der Waals surface area contributed by atoms with Crippen molar-refractivity contribution in [1.82, 2.24) is 0 Å². The lowest BCUT2D eigenvalue weighted by Gasteiger charge is -2.29. The Kier molecular flexibility index (Phi) is 10.8. The van der Waals surface area contributed by atoms with Crippen LogP contribution in [0.4, 0.5) is 8.78 Å². The van der Waals surface area contributed by atoms with Crippen molar-refractivity contribution in [3.63, 3.8) is 0 Å². The number of benzene rings is 4. The summed E-state index contributed by atoms with van der Waals surface area (Å²) in [6.45, 7) is 2.29. The molecule has 0 aliphatic heterocycles. The first-order chi connectivity index (χ1) is 20.7. The molecule has 0 saturated heterocycles. The minimum atomic E-state index is -1.12. The van der Waals surface area contributed by atoms with Crippen LogP contribution in [0.3, 0.4) is 0 Å².